The molecule has 5 nitrogen and oxygen atoms in total. The highest BCUT2D eigenvalue weighted by Crippen LogP contribution is 2.33. The van der Waals surface area contributed by atoms with Crippen molar-refractivity contribution in [3.63, 3.8) is 0 Å². The summed E-state index contributed by atoms with van der Waals surface area (Å²) < 4.78 is 0. The van der Waals surface area contributed by atoms with E-state index in [0.29, 0.717) is 23.8 Å². The molecule has 0 bridgehead atoms. The molecule has 152 valence electrons. The third kappa shape index (κ3) is 4.56. The molecule has 0 unspecified atom stereocenters. The highest BCUT2D eigenvalue weighted by Gasteiger charge is 2.19. The van der Waals surface area contributed by atoms with Crippen molar-refractivity contribution in [1.29, 1.82) is 0 Å². The Labute approximate surface area is 178 Å². The number of anilines is 1. The van der Waals surface area contributed by atoms with Crippen molar-refractivity contribution in [2.24, 2.45) is 0 Å². The van der Waals surface area contributed by atoms with Crippen LogP contribution in [0, 0.1) is 0 Å². The van der Waals surface area contributed by atoms with Crippen LogP contribution in [0.15, 0.2) is 29.1 Å². The number of carbonyl (C=O) groups is 1. The van der Waals surface area contributed by atoms with Crippen molar-refractivity contribution in [3.8, 4) is 0 Å². The number of carbonyl (C=O) groups excluding carboxylic acids is 1. The minimum atomic E-state index is -0.0149. The van der Waals surface area contributed by atoms with Crippen LogP contribution in [0.25, 0.3) is 10.2 Å². The number of rotatable bonds is 7. The lowest BCUT2D eigenvalue weighted by Crippen LogP contribution is -2.14. The molecule has 2 heterocycles. The van der Waals surface area contributed by atoms with E-state index in [-0.39, 0.29) is 11.5 Å². The number of aryl methyl sites for hydroxylation is 3. The summed E-state index contributed by atoms with van der Waals surface area (Å²) in [6, 6.07) is 7.89. The zero-order valence-electron chi connectivity index (χ0n) is 16.5. The van der Waals surface area contributed by atoms with Crippen LogP contribution >= 0.6 is 23.1 Å². The van der Waals surface area contributed by atoms with E-state index in [2.05, 4.69) is 22.2 Å². The summed E-state index contributed by atoms with van der Waals surface area (Å²) in [5.41, 5.74) is 3.23. The second kappa shape index (κ2) is 9.13. The molecule has 0 spiro atoms. The molecule has 7 heteroatoms. The van der Waals surface area contributed by atoms with Crippen LogP contribution in [0.3, 0.4) is 0 Å². The van der Waals surface area contributed by atoms with E-state index >= 15 is 0 Å². The Morgan fingerprint density at radius 2 is 2.10 bits per heavy atom. The smallest absolute Gasteiger partial charge is 0.259 e. The SMILES string of the molecule is CCc1ccccc1NC(=O)CCSCc1nc2sc3c(c2c(=O)[nH]1)CCCC3. The average molecular weight is 428 g/mol. The first-order valence-corrected chi connectivity index (χ1v) is 12.1. The number of thiophene rings is 1. The Morgan fingerprint density at radius 3 is 2.97 bits per heavy atom. The number of nitrogens with zero attached hydrogens (tertiary/aromatic N) is 1. The number of para-hydroxylation sites is 1. The third-order valence-electron chi connectivity index (χ3n) is 5.26. The van der Waals surface area contributed by atoms with Crippen LogP contribution in [0.1, 0.15) is 48.0 Å². The second-order valence-electron chi connectivity index (χ2n) is 7.27. The largest absolute Gasteiger partial charge is 0.326 e. The molecule has 3 aromatic rings. The minimum Gasteiger partial charge on any atom is -0.326 e. The van der Waals surface area contributed by atoms with Gasteiger partial charge in [0.1, 0.15) is 10.7 Å². The van der Waals surface area contributed by atoms with Crippen molar-refractivity contribution in [1.82, 2.24) is 9.97 Å². The second-order valence-corrected chi connectivity index (χ2v) is 9.45. The summed E-state index contributed by atoms with van der Waals surface area (Å²) in [5.74, 6) is 2.00. The van der Waals surface area contributed by atoms with Gasteiger partial charge < -0.3 is 10.3 Å². The fourth-order valence-corrected chi connectivity index (χ4v) is 5.86. The first-order valence-electron chi connectivity index (χ1n) is 10.1. The zero-order chi connectivity index (χ0) is 20.2. The van der Waals surface area contributed by atoms with Crippen LogP contribution in [0.2, 0.25) is 0 Å². The molecule has 0 radical (unpaired) electrons. The van der Waals surface area contributed by atoms with E-state index in [0.717, 1.165) is 47.2 Å². The molecule has 0 aliphatic heterocycles. The molecule has 0 fully saturated rings. The molecule has 1 aliphatic rings. The summed E-state index contributed by atoms with van der Waals surface area (Å²) in [7, 11) is 0. The normalized spacial score (nSPS) is 13.4. The Kier molecular flexibility index (Phi) is 6.35. The molecular weight excluding hydrogens is 402 g/mol. The Morgan fingerprint density at radius 1 is 1.28 bits per heavy atom. The molecule has 0 saturated carbocycles. The molecule has 0 atom stereocenters. The highest BCUT2D eigenvalue weighted by atomic mass is 32.2. The number of aromatic nitrogens is 2. The summed E-state index contributed by atoms with van der Waals surface area (Å²) in [6.45, 7) is 2.08. The van der Waals surface area contributed by atoms with Gasteiger partial charge in [0.25, 0.3) is 5.56 Å². The standard InChI is InChI=1S/C22H25N3O2S2/c1-2-14-7-3-5-9-16(14)23-19(26)11-12-28-13-18-24-21(27)20-15-8-4-6-10-17(15)29-22(20)25-18/h3,5,7,9H,2,4,6,8,10-13H2,1H3,(H,23,26)(H,24,25,27). The van der Waals surface area contributed by atoms with Crippen molar-refractivity contribution in [2.45, 2.75) is 51.2 Å². The Hall–Kier alpha value is -2.12. The van der Waals surface area contributed by atoms with E-state index in [1.54, 1.807) is 23.1 Å². The quantitative estimate of drug-likeness (QED) is 0.537. The predicted molar refractivity (Wildman–Crippen MR) is 122 cm³/mol. The maximum atomic E-state index is 12.6. The van der Waals surface area contributed by atoms with Gasteiger partial charge in [-0.2, -0.15) is 11.8 Å². The fraction of sp³-hybridized carbons (Fsp3) is 0.409. The lowest BCUT2D eigenvalue weighted by Gasteiger charge is -2.10. The number of H-pyrrole nitrogens is 1. The van der Waals surface area contributed by atoms with E-state index in [1.807, 2.05) is 24.3 Å². The summed E-state index contributed by atoms with van der Waals surface area (Å²) in [5, 5.41) is 3.80. The van der Waals surface area contributed by atoms with Crippen molar-refractivity contribution in [3.05, 3.63) is 56.4 Å². The van der Waals surface area contributed by atoms with Gasteiger partial charge in [0.15, 0.2) is 0 Å². The van der Waals surface area contributed by atoms with Crippen molar-refractivity contribution in [2.75, 3.05) is 11.1 Å². The molecule has 2 N–H and O–H groups in total. The van der Waals surface area contributed by atoms with E-state index in [4.69, 9.17) is 0 Å². The molecule has 1 aliphatic carbocycles. The first kappa shape index (κ1) is 20.2. The lowest BCUT2D eigenvalue weighted by atomic mass is 9.97. The van der Waals surface area contributed by atoms with Gasteiger partial charge in [0, 0.05) is 22.7 Å². The molecular formula is C22H25N3O2S2. The molecule has 1 aromatic carbocycles. The van der Waals surface area contributed by atoms with Crippen LogP contribution in [-0.4, -0.2) is 21.6 Å². The van der Waals surface area contributed by atoms with E-state index in [9.17, 15) is 9.59 Å². The van der Waals surface area contributed by atoms with Crippen molar-refractivity contribution < 1.29 is 4.79 Å². The molecule has 29 heavy (non-hydrogen) atoms. The molecule has 4 rings (SSSR count). The highest BCUT2D eigenvalue weighted by molar-refractivity contribution is 7.98. The van der Waals surface area contributed by atoms with Gasteiger partial charge >= 0.3 is 0 Å². The van der Waals surface area contributed by atoms with Gasteiger partial charge in [-0.1, -0.05) is 25.1 Å². The zero-order valence-corrected chi connectivity index (χ0v) is 18.2. The lowest BCUT2D eigenvalue weighted by molar-refractivity contribution is -0.115. The number of aromatic amines is 1. The van der Waals surface area contributed by atoms with Gasteiger partial charge in [-0.05, 0) is 49.3 Å². The van der Waals surface area contributed by atoms with Gasteiger partial charge in [0.2, 0.25) is 5.91 Å². The maximum absolute atomic E-state index is 12.6. The van der Waals surface area contributed by atoms with Crippen LogP contribution in [0.5, 0.6) is 0 Å². The molecule has 2 aromatic heterocycles. The molecule has 1 amide bonds. The van der Waals surface area contributed by atoms with Crippen LogP contribution in [-0.2, 0) is 29.8 Å². The van der Waals surface area contributed by atoms with Crippen LogP contribution < -0.4 is 10.9 Å². The Bertz CT molecular complexity index is 1090. The monoisotopic (exact) mass is 427 g/mol. The van der Waals surface area contributed by atoms with Crippen molar-refractivity contribution >= 4 is 44.9 Å². The minimum absolute atomic E-state index is 0.0149. The summed E-state index contributed by atoms with van der Waals surface area (Å²) >= 11 is 3.29. The number of thioether (sulfide) groups is 1. The number of nitrogens with one attached hydrogen (secondary N) is 2. The maximum Gasteiger partial charge on any atom is 0.259 e. The third-order valence-corrected chi connectivity index (χ3v) is 7.41. The summed E-state index contributed by atoms with van der Waals surface area (Å²) in [6.07, 6.45) is 5.73. The van der Waals surface area contributed by atoms with Gasteiger partial charge in [0.05, 0.1) is 11.1 Å². The number of benzene rings is 1. The van der Waals surface area contributed by atoms with E-state index < -0.39 is 0 Å². The average Bonchev–Trinajstić information content (AvgIpc) is 3.10. The predicted octanol–water partition coefficient (Wildman–Crippen LogP) is 4.69. The topological polar surface area (TPSA) is 74.8 Å². The number of amides is 1. The van der Waals surface area contributed by atoms with E-state index in [1.165, 1.54) is 16.9 Å². The van der Waals surface area contributed by atoms with Gasteiger partial charge in [-0.3, -0.25) is 9.59 Å². The number of hydrogen-bond acceptors (Lipinski definition) is 5. The van der Waals surface area contributed by atoms with Gasteiger partial charge in [-0.25, -0.2) is 4.98 Å². The number of fused-ring (bicyclic) bond motifs is 3. The molecule has 0 saturated heterocycles. The fourth-order valence-electron chi connectivity index (χ4n) is 3.77. The van der Waals surface area contributed by atoms with Gasteiger partial charge in [-0.15, -0.1) is 11.3 Å². The Balaban J connectivity index is 1.33. The number of hydrogen-bond donors (Lipinski definition) is 2. The van der Waals surface area contributed by atoms with Crippen LogP contribution in [0.4, 0.5) is 5.69 Å². The summed E-state index contributed by atoms with van der Waals surface area (Å²) in [4.78, 5) is 34.6. The first-order chi connectivity index (χ1) is 14.2.